The van der Waals surface area contributed by atoms with E-state index in [0.717, 1.165) is 17.7 Å². The van der Waals surface area contributed by atoms with Crippen LogP contribution in [0.15, 0.2) is 41.9 Å². The molecule has 2 heterocycles. The Balaban J connectivity index is 1.70. The summed E-state index contributed by atoms with van der Waals surface area (Å²) in [7, 11) is 1.62. The van der Waals surface area contributed by atoms with Crippen LogP contribution < -0.4 is 10.1 Å². The normalized spacial score (nSPS) is 10.6. The van der Waals surface area contributed by atoms with Crippen LogP contribution in [0.25, 0.3) is 11.3 Å². The number of methoxy groups -OCH3 is 1. The molecule has 6 heteroatoms. The summed E-state index contributed by atoms with van der Waals surface area (Å²) in [5, 5.41) is 12.0. The zero-order valence-electron chi connectivity index (χ0n) is 13.6. The largest absolute Gasteiger partial charge is 0.497 e. The molecule has 0 fully saturated rings. The standard InChI is InChI=1S/C18H19N3O2S/c1-12-7-9-24-16(12)6-8-19-18(22)15-11-20-21-17(15)13-4-3-5-14(10-13)23-2/h3-5,7,9-11H,6,8H2,1-2H3,(H,19,22)(H,20,21). The number of hydrogen-bond acceptors (Lipinski definition) is 4. The second kappa shape index (κ2) is 7.31. The molecule has 0 radical (unpaired) electrons. The smallest absolute Gasteiger partial charge is 0.255 e. The third-order valence-electron chi connectivity index (χ3n) is 3.85. The van der Waals surface area contributed by atoms with Gasteiger partial charge in [-0.25, -0.2) is 0 Å². The summed E-state index contributed by atoms with van der Waals surface area (Å²) in [5.41, 5.74) is 3.37. The number of carbonyl (C=O) groups is 1. The highest BCUT2D eigenvalue weighted by molar-refractivity contribution is 7.10. The molecule has 1 amide bonds. The Morgan fingerprint density at radius 3 is 3.00 bits per heavy atom. The Bertz CT molecular complexity index is 838. The number of ether oxygens (including phenoxy) is 1. The van der Waals surface area contributed by atoms with Gasteiger partial charge in [0.25, 0.3) is 5.91 Å². The Morgan fingerprint density at radius 1 is 1.38 bits per heavy atom. The van der Waals surface area contributed by atoms with Crippen molar-refractivity contribution in [3.63, 3.8) is 0 Å². The minimum Gasteiger partial charge on any atom is -0.497 e. The van der Waals surface area contributed by atoms with Crippen molar-refractivity contribution in [1.29, 1.82) is 0 Å². The van der Waals surface area contributed by atoms with Crippen molar-refractivity contribution in [2.75, 3.05) is 13.7 Å². The molecule has 0 bridgehead atoms. The maximum Gasteiger partial charge on any atom is 0.255 e. The highest BCUT2D eigenvalue weighted by Crippen LogP contribution is 2.25. The number of amides is 1. The van der Waals surface area contributed by atoms with E-state index in [1.165, 1.54) is 10.4 Å². The molecule has 0 spiro atoms. The number of nitrogens with one attached hydrogen (secondary N) is 2. The maximum absolute atomic E-state index is 12.5. The van der Waals surface area contributed by atoms with Crippen molar-refractivity contribution in [3.8, 4) is 17.0 Å². The van der Waals surface area contributed by atoms with Crippen molar-refractivity contribution in [3.05, 3.63) is 57.9 Å². The molecule has 0 aliphatic carbocycles. The predicted molar refractivity (Wildman–Crippen MR) is 95.7 cm³/mol. The number of nitrogens with zero attached hydrogens (tertiary/aromatic N) is 1. The zero-order chi connectivity index (χ0) is 16.9. The van der Waals surface area contributed by atoms with Gasteiger partial charge in [0, 0.05) is 17.0 Å². The van der Waals surface area contributed by atoms with Crippen LogP contribution in [0.4, 0.5) is 0 Å². The van der Waals surface area contributed by atoms with Gasteiger partial charge in [0.05, 0.1) is 24.6 Å². The van der Waals surface area contributed by atoms with Gasteiger partial charge in [0.2, 0.25) is 0 Å². The van der Waals surface area contributed by atoms with E-state index in [1.807, 2.05) is 24.3 Å². The molecule has 5 nitrogen and oxygen atoms in total. The number of thiophene rings is 1. The summed E-state index contributed by atoms with van der Waals surface area (Å²) in [4.78, 5) is 13.8. The Kier molecular flexibility index (Phi) is 4.96. The lowest BCUT2D eigenvalue weighted by Crippen LogP contribution is -2.25. The fourth-order valence-corrected chi connectivity index (χ4v) is 3.41. The molecule has 0 saturated heterocycles. The molecular weight excluding hydrogens is 322 g/mol. The first-order valence-electron chi connectivity index (χ1n) is 7.68. The SMILES string of the molecule is COc1cccc(-c2[nH]ncc2C(=O)NCCc2sccc2C)c1. The van der Waals surface area contributed by atoms with Crippen molar-refractivity contribution >= 4 is 17.2 Å². The molecule has 0 aliphatic rings. The minimum atomic E-state index is -0.129. The predicted octanol–water partition coefficient (Wildman–Crippen LogP) is 3.43. The van der Waals surface area contributed by atoms with E-state index in [4.69, 9.17) is 4.74 Å². The topological polar surface area (TPSA) is 67.0 Å². The fraction of sp³-hybridized carbons (Fsp3) is 0.222. The van der Waals surface area contributed by atoms with Crippen LogP contribution in [0.1, 0.15) is 20.8 Å². The summed E-state index contributed by atoms with van der Waals surface area (Å²) in [6, 6.07) is 9.64. The molecule has 0 atom stereocenters. The molecular formula is C18H19N3O2S. The summed E-state index contributed by atoms with van der Waals surface area (Å²) in [6.45, 7) is 2.69. The number of benzene rings is 1. The van der Waals surface area contributed by atoms with Gasteiger partial charge in [0.1, 0.15) is 5.75 Å². The molecule has 3 rings (SSSR count). The quantitative estimate of drug-likeness (QED) is 0.722. The number of aromatic amines is 1. The van der Waals surface area contributed by atoms with Crippen LogP contribution in [0.3, 0.4) is 0 Å². The molecule has 0 saturated carbocycles. The average Bonchev–Trinajstić information content (AvgIpc) is 3.24. The molecule has 124 valence electrons. The molecule has 0 unspecified atom stereocenters. The van der Waals surface area contributed by atoms with Gasteiger partial charge in [-0.2, -0.15) is 5.10 Å². The van der Waals surface area contributed by atoms with Crippen LogP contribution in [-0.2, 0) is 6.42 Å². The molecule has 1 aromatic carbocycles. The summed E-state index contributed by atoms with van der Waals surface area (Å²) in [5.74, 6) is 0.609. The van der Waals surface area contributed by atoms with Crippen LogP contribution in [0.5, 0.6) is 5.75 Å². The van der Waals surface area contributed by atoms with Gasteiger partial charge >= 0.3 is 0 Å². The Hall–Kier alpha value is -2.60. The lowest BCUT2D eigenvalue weighted by Gasteiger charge is -2.07. The van der Waals surface area contributed by atoms with Gasteiger partial charge in [-0.15, -0.1) is 11.3 Å². The van der Waals surface area contributed by atoms with Gasteiger partial charge in [-0.05, 0) is 42.5 Å². The number of carbonyl (C=O) groups excluding carboxylic acids is 1. The third kappa shape index (κ3) is 3.49. The number of aromatic nitrogens is 2. The number of rotatable bonds is 6. The van der Waals surface area contributed by atoms with Crippen LogP contribution in [0.2, 0.25) is 0 Å². The Labute approximate surface area is 144 Å². The van der Waals surface area contributed by atoms with E-state index < -0.39 is 0 Å². The third-order valence-corrected chi connectivity index (χ3v) is 4.93. The first-order chi connectivity index (χ1) is 11.7. The van der Waals surface area contributed by atoms with Gasteiger partial charge in [-0.3, -0.25) is 9.89 Å². The minimum absolute atomic E-state index is 0.129. The highest BCUT2D eigenvalue weighted by Gasteiger charge is 2.15. The van der Waals surface area contributed by atoms with Gasteiger partial charge in [0.15, 0.2) is 0 Å². The second-order valence-corrected chi connectivity index (χ2v) is 6.42. The van der Waals surface area contributed by atoms with Crippen LogP contribution in [0, 0.1) is 6.92 Å². The number of aryl methyl sites for hydroxylation is 1. The van der Waals surface area contributed by atoms with Gasteiger partial charge in [-0.1, -0.05) is 12.1 Å². The lowest BCUT2D eigenvalue weighted by molar-refractivity contribution is 0.0955. The van der Waals surface area contributed by atoms with E-state index >= 15 is 0 Å². The Morgan fingerprint density at radius 2 is 2.25 bits per heavy atom. The van der Waals surface area contributed by atoms with Gasteiger partial charge < -0.3 is 10.1 Å². The molecule has 2 N–H and O–H groups in total. The van der Waals surface area contributed by atoms with E-state index in [0.29, 0.717) is 17.8 Å². The van der Waals surface area contributed by atoms with Crippen molar-refractivity contribution in [2.24, 2.45) is 0 Å². The molecule has 2 aromatic heterocycles. The van der Waals surface area contributed by atoms with E-state index in [2.05, 4.69) is 33.9 Å². The lowest BCUT2D eigenvalue weighted by atomic mass is 10.1. The fourth-order valence-electron chi connectivity index (χ4n) is 2.50. The van der Waals surface area contributed by atoms with Crippen molar-refractivity contribution in [2.45, 2.75) is 13.3 Å². The second-order valence-electron chi connectivity index (χ2n) is 5.42. The number of hydrogen-bond donors (Lipinski definition) is 2. The van der Waals surface area contributed by atoms with Crippen LogP contribution >= 0.6 is 11.3 Å². The highest BCUT2D eigenvalue weighted by atomic mass is 32.1. The first kappa shape index (κ1) is 16.3. The van der Waals surface area contributed by atoms with Crippen LogP contribution in [-0.4, -0.2) is 29.8 Å². The molecule has 0 aliphatic heterocycles. The summed E-state index contributed by atoms with van der Waals surface area (Å²) < 4.78 is 5.24. The molecule has 3 aromatic rings. The summed E-state index contributed by atoms with van der Waals surface area (Å²) >= 11 is 1.72. The first-order valence-corrected chi connectivity index (χ1v) is 8.56. The maximum atomic E-state index is 12.5. The van der Waals surface area contributed by atoms with E-state index in [1.54, 1.807) is 24.6 Å². The number of H-pyrrole nitrogens is 1. The van der Waals surface area contributed by atoms with E-state index in [9.17, 15) is 4.79 Å². The molecule has 24 heavy (non-hydrogen) atoms. The summed E-state index contributed by atoms with van der Waals surface area (Å²) in [6.07, 6.45) is 2.39. The van der Waals surface area contributed by atoms with E-state index in [-0.39, 0.29) is 5.91 Å². The van der Waals surface area contributed by atoms with Crippen molar-refractivity contribution < 1.29 is 9.53 Å². The van der Waals surface area contributed by atoms with Crippen molar-refractivity contribution in [1.82, 2.24) is 15.5 Å². The monoisotopic (exact) mass is 341 g/mol. The average molecular weight is 341 g/mol. The zero-order valence-corrected chi connectivity index (χ0v) is 14.4.